The molecule has 2 rings (SSSR count). The Hall–Kier alpha value is -1.08. The van der Waals surface area contributed by atoms with Gasteiger partial charge >= 0.3 is 0 Å². The fourth-order valence-electron chi connectivity index (χ4n) is 1.95. The van der Waals surface area contributed by atoms with Crippen molar-refractivity contribution in [1.29, 1.82) is 0 Å². The number of aryl methyl sites for hydroxylation is 2. The maximum atomic E-state index is 5.69. The Kier molecular flexibility index (Phi) is 2.19. The van der Waals surface area contributed by atoms with Crippen molar-refractivity contribution < 1.29 is 0 Å². The summed E-state index contributed by atoms with van der Waals surface area (Å²) in [6.45, 7) is 2.80. The van der Waals surface area contributed by atoms with Crippen LogP contribution in [0.3, 0.4) is 0 Å². The van der Waals surface area contributed by atoms with E-state index in [2.05, 4.69) is 31.2 Å². The van der Waals surface area contributed by atoms with Crippen molar-refractivity contribution >= 4 is 5.57 Å². The first-order chi connectivity index (χ1) is 6.31. The Morgan fingerprint density at radius 3 is 3.00 bits per heavy atom. The Morgan fingerprint density at radius 2 is 2.23 bits per heavy atom. The lowest BCUT2D eigenvalue weighted by Gasteiger charge is -2.16. The van der Waals surface area contributed by atoms with Crippen LogP contribution in [0, 0.1) is 6.92 Å². The SMILES string of the molecule is Cc1ccc2c(c1)CCC=C2CN. The van der Waals surface area contributed by atoms with Gasteiger partial charge in [-0.1, -0.05) is 29.8 Å². The van der Waals surface area contributed by atoms with Crippen molar-refractivity contribution in [3.8, 4) is 0 Å². The van der Waals surface area contributed by atoms with Gasteiger partial charge in [-0.25, -0.2) is 0 Å². The maximum Gasteiger partial charge on any atom is 0.0181 e. The molecule has 0 saturated carbocycles. The molecule has 0 aromatic heterocycles. The Labute approximate surface area is 79.3 Å². The summed E-state index contributed by atoms with van der Waals surface area (Å²) in [4.78, 5) is 0. The standard InChI is InChI=1S/C12H15N/c1-9-5-6-12-10(7-9)3-2-4-11(12)8-13/h4-7H,2-3,8,13H2,1H3. The van der Waals surface area contributed by atoms with Gasteiger partial charge in [0.05, 0.1) is 0 Å². The van der Waals surface area contributed by atoms with Gasteiger partial charge in [0.2, 0.25) is 0 Å². The van der Waals surface area contributed by atoms with E-state index in [4.69, 9.17) is 5.73 Å². The molecule has 0 bridgehead atoms. The number of rotatable bonds is 1. The zero-order valence-electron chi connectivity index (χ0n) is 8.01. The molecular formula is C12H15N. The van der Waals surface area contributed by atoms with Crippen LogP contribution in [-0.4, -0.2) is 6.54 Å². The first kappa shape index (κ1) is 8.52. The van der Waals surface area contributed by atoms with E-state index in [0.717, 1.165) is 6.42 Å². The molecular weight excluding hydrogens is 158 g/mol. The molecule has 0 heterocycles. The van der Waals surface area contributed by atoms with Crippen LogP contribution in [0.4, 0.5) is 0 Å². The zero-order chi connectivity index (χ0) is 9.26. The first-order valence-electron chi connectivity index (χ1n) is 4.80. The van der Waals surface area contributed by atoms with Crippen LogP contribution in [0.5, 0.6) is 0 Å². The van der Waals surface area contributed by atoms with Crippen LogP contribution in [0.25, 0.3) is 5.57 Å². The Balaban J connectivity index is 2.49. The second kappa shape index (κ2) is 3.35. The van der Waals surface area contributed by atoms with Gasteiger partial charge in [-0.05, 0) is 36.5 Å². The first-order valence-corrected chi connectivity index (χ1v) is 4.80. The van der Waals surface area contributed by atoms with E-state index >= 15 is 0 Å². The van der Waals surface area contributed by atoms with Crippen LogP contribution in [-0.2, 0) is 6.42 Å². The molecule has 13 heavy (non-hydrogen) atoms. The molecule has 0 amide bonds. The number of hydrogen-bond donors (Lipinski definition) is 1. The van der Waals surface area contributed by atoms with Gasteiger partial charge in [0.15, 0.2) is 0 Å². The van der Waals surface area contributed by atoms with E-state index in [1.807, 2.05) is 0 Å². The largest absolute Gasteiger partial charge is 0.326 e. The topological polar surface area (TPSA) is 26.0 Å². The molecule has 0 saturated heterocycles. The highest BCUT2D eigenvalue weighted by Crippen LogP contribution is 2.26. The van der Waals surface area contributed by atoms with Gasteiger partial charge in [0.25, 0.3) is 0 Å². The van der Waals surface area contributed by atoms with Crippen molar-refractivity contribution in [1.82, 2.24) is 0 Å². The monoisotopic (exact) mass is 173 g/mol. The van der Waals surface area contributed by atoms with Crippen molar-refractivity contribution in [2.24, 2.45) is 5.73 Å². The summed E-state index contributed by atoms with van der Waals surface area (Å²) in [7, 11) is 0. The lowest BCUT2D eigenvalue weighted by molar-refractivity contribution is 0.964. The summed E-state index contributed by atoms with van der Waals surface area (Å²) in [5.41, 5.74) is 11.2. The van der Waals surface area contributed by atoms with E-state index in [-0.39, 0.29) is 0 Å². The fraction of sp³-hybridized carbons (Fsp3) is 0.333. The number of benzene rings is 1. The molecule has 1 aromatic rings. The van der Waals surface area contributed by atoms with Gasteiger partial charge in [0, 0.05) is 6.54 Å². The third-order valence-electron chi connectivity index (χ3n) is 2.63. The van der Waals surface area contributed by atoms with Crippen molar-refractivity contribution in [2.75, 3.05) is 6.54 Å². The van der Waals surface area contributed by atoms with Crippen molar-refractivity contribution in [3.63, 3.8) is 0 Å². The van der Waals surface area contributed by atoms with Crippen LogP contribution >= 0.6 is 0 Å². The highest BCUT2D eigenvalue weighted by Gasteiger charge is 2.10. The number of allylic oxidation sites excluding steroid dienone is 1. The minimum absolute atomic E-state index is 0.663. The van der Waals surface area contributed by atoms with Crippen molar-refractivity contribution in [3.05, 3.63) is 41.0 Å². The quantitative estimate of drug-likeness (QED) is 0.692. The molecule has 0 unspecified atom stereocenters. The van der Waals surface area contributed by atoms with Crippen molar-refractivity contribution in [2.45, 2.75) is 19.8 Å². The highest BCUT2D eigenvalue weighted by molar-refractivity contribution is 5.71. The molecule has 0 aliphatic heterocycles. The van der Waals surface area contributed by atoms with Gasteiger partial charge in [-0.15, -0.1) is 0 Å². The molecule has 0 radical (unpaired) electrons. The Bertz CT molecular complexity index is 350. The summed E-state index contributed by atoms with van der Waals surface area (Å²) in [6.07, 6.45) is 4.57. The van der Waals surface area contributed by atoms with E-state index < -0.39 is 0 Å². The molecule has 1 nitrogen and oxygen atoms in total. The molecule has 0 spiro atoms. The molecule has 1 heteroatoms. The molecule has 0 atom stereocenters. The van der Waals surface area contributed by atoms with Crippen LogP contribution in [0.15, 0.2) is 24.3 Å². The molecule has 1 aliphatic rings. The fourth-order valence-corrected chi connectivity index (χ4v) is 1.95. The minimum atomic E-state index is 0.663. The lowest BCUT2D eigenvalue weighted by atomic mass is 9.90. The number of hydrogen-bond acceptors (Lipinski definition) is 1. The summed E-state index contributed by atoms with van der Waals surface area (Å²) in [5.74, 6) is 0. The molecule has 1 aromatic carbocycles. The third-order valence-corrected chi connectivity index (χ3v) is 2.63. The predicted octanol–water partition coefficient (Wildman–Crippen LogP) is 2.28. The van der Waals surface area contributed by atoms with E-state index in [1.165, 1.54) is 28.7 Å². The second-order valence-electron chi connectivity index (χ2n) is 3.63. The minimum Gasteiger partial charge on any atom is -0.326 e. The molecule has 68 valence electrons. The second-order valence-corrected chi connectivity index (χ2v) is 3.63. The van der Waals surface area contributed by atoms with Gasteiger partial charge in [-0.2, -0.15) is 0 Å². The molecule has 2 N–H and O–H groups in total. The summed E-state index contributed by atoms with van der Waals surface area (Å²) < 4.78 is 0. The van der Waals surface area contributed by atoms with Gasteiger partial charge in [-0.3, -0.25) is 0 Å². The normalized spacial score (nSPS) is 15.1. The van der Waals surface area contributed by atoms with Gasteiger partial charge in [0.1, 0.15) is 0 Å². The van der Waals surface area contributed by atoms with Gasteiger partial charge < -0.3 is 5.73 Å². The molecule has 1 aliphatic carbocycles. The number of fused-ring (bicyclic) bond motifs is 1. The summed E-state index contributed by atoms with van der Waals surface area (Å²) in [5, 5.41) is 0. The van der Waals surface area contributed by atoms with E-state index in [1.54, 1.807) is 0 Å². The average molecular weight is 173 g/mol. The maximum absolute atomic E-state index is 5.69. The number of nitrogens with two attached hydrogens (primary N) is 1. The summed E-state index contributed by atoms with van der Waals surface area (Å²) >= 11 is 0. The Morgan fingerprint density at radius 1 is 1.38 bits per heavy atom. The van der Waals surface area contributed by atoms with Crippen LogP contribution in [0.2, 0.25) is 0 Å². The van der Waals surface area contributed by atoms with E-state index in [0.29, 0.717) is 6.54 Å². The van der Waals surface area contributed by atoms with Crippen LogP contribution < -0.4 is 5.73 Å². The smallest absolute Gasteiger partial charge is 0.0181 e. The van der Waals surface area contributed by atoms with Crippen LogP contribution in [0.1, 0.15) is 23.1 Å². The summed E-state index contributed by atoms with van der Waals surface area (Å²) in [6, 6.07) is 6.63. The average Bonchev–Trinajstić information content (AvgIpc) is 2.16. The van der Waals surface area contributed by atoms with E-state index in [9.17, 15) is 0 Å². The third kappa shape index (κ3) is 1.52. The highest BCUT2D eigenvalue weighted by atomic mass is 14.5. The predicted molar refractivity (Wildman–Crippen MR) is 56.5 cm³/mol. The zero-order valence-corrected chi connectivity index (χ0v) is 8.01. The molecule has 0 fully saturated rings. The lowest BCUT2D eigenvalue weighted by Crippen LogP contribution is -2.08.